The zero-order chi connectivity index (χ0) is 19.1. The fourth-order valence-electron chi connectivity index (χ4n) is 3.24. The van der Waals surface area contributed by atoms with E-state index < -0.39 is 0 Å². The highest BCUT2D eigenvalue weighted by Crippen LogP contribution is 2.36. The van der Waals surface area contributed by atoms with Crippen molar-refractivity contribution in [3.8, 4) is 11.1 Å². The summed E-state index contributed by atoms with van der Waals surface area (Å²) in [5.74, 6) is 0.634. The fourth-order valence-corrected chi connectivity index (χ4v) is 4.63. The Morgan fingerprint density at radius 1 is 1.11 bits per heavy atom. The molecule has 1 N–H and O–H groups in total. The van der Waals surface area contributed by atoms with Crippen LogP contribution in [0.25, 0.3) is 21.3 Å². The van der Waals surface area contributed by atoms with Gasteiger partial charge in [0.15, 0.2) is 0 Å². The molecule has 0 fully saturated rings. The number of benzene rings is 2. The number of fused-ring (bicyclic) bond motifs is 1. The molecule has 0 aliphatic rings. The van der Waals surface area contributed by atoms with Crippen LogP contribution in [0.1, 0.15) is 21.8 Å². The summed E-state index contributed by atoms with van der Waals surface area (Å²) in [6.07, 6.45) is 0.526. The van der Waals surface area contributed by atoms with Crippen molar-refractivity contribution in [1.29, 1.82) is 0 Å². The van der Waals surface area contributed by atoms with E-state index >= 15 is 0 Å². The molecule has 0 unspecified atom stereocenters. The summed E-state index contributed by atoms with van der Waals surface area (Å²) in [6.45, 7) is 3.98. The minimum absolute atomic E-state index is 0.121. The van der Waals surface area contributed by atoms with Crippen LogP contribution in [0.2, 0.25) is 10.0 Å². The average molecular weight is 415 g/mol. The molecule has 0 spiro atoms. The van der Waals surface area contributed by atoms with Gasteiger partial charge in [-0.05, 0) is 54.8 Å². The number of hydrogen-bond donors (Lipinski definition) is 1. The first kappa shape index (κ1) is 18.2. The Balaban J connectivity index is 1.83. The van der Waals surface area contributed by atoms with Gasteiger partial charge in [0, 0.05) is 26.9 Å². The van der Waals surface area contributed by atoms with Crippen molar-refractivity contribution in [2.45, 2.75) is 20.3 Å². The highest BCUT2D eigenvalue weighted by molar-refractivity contribution is 7.19. The van der Waals surface area contributed by atoms with Gasteiger partial charge in [0.25, 0.3) is 5.56 Å². The second kappa shape index (κ2) is 7.12. The van der Waals surface area contributed by atoms with E-state index in [1.807, 2.05) is 56.3 Å². The van der Waals surface area contributed by atoms with Crippen molar-refractivity contribution < 1.29 is 0 Å². The maximum absolute atomic E-state index is 12.9. The van der Waals surface area contributed by atoms with Crippen LogP contribution < -0.4 is 5.56 Å². The molecule has 2 aromatic carbocycles. The van der Waals surface area contributed by atoms with Gasteiger partial charge in [-0.3, -0.25) is 4.79 Å². The quantitative estimate of drug-likeness (QED) is 0.435. The monoisotopic (exact) mass is 414 g/mol. The molecule has 0 aliphatic carbocycles. The van der Waals surface area contributed by atoms with Crippen LogP contribution in [0, 0.1) is 13.8 Å². The van der Waals surface area contributed by atoms with Crippen LogP contribution in [0.5, 0.6) is 0 Å². The first-order chi connectivity index (χ1) is 12.9. The molecule has 2 heterocycles. The van der Waals surface area contributed by atoms with Crippen LogP contribution in [0.4, 0.5) is 0 Å². The molecule has 0 radical (unpaired) electrons. The second-order valence-corrected chi connectivity index (χ2v) is 8.54. The summed E-state index contributed by atoms with van der Waals surface area (Å²) in [4.78, 5) is 22.3. The number of hydrogen-bond acceptors (Lipinski definition) is 3. The lowest BCUT2D eigenvalue weighted by atomic mass is 10.0. The summed E-state index contributed by atoms with van der Waals surface area (Å²) < 4.78 is 0. The van der Waals surface area contributed by atoms with Crippen molar-refractivity contribution in [2.75, 3.05) is 0 Å². The molecule has 4 rings (SSSR count). The minimum atomic E-state index is -0.121. The van der Waals surface area contributed by atoms with Crippen LogP contribution >= 0.6 is 34.5 Å². The Hall–Kier alpha value is -2.14. The van der Waals surface area contributed by atoms with Gasteiger partial charge < -0.3 is 4.98 Å². The van der Waals surface area contributed by atoms with Crippen LogP contribution in [-0.4, -0.2) is 9.97 Å². The molecule has 2 aromatic heterocycles. The molecule has 0 saturated carbocycles. The average Bonchev–Trinajstić information content (AvgIpc) is 2.94. The van der Waals surface area contributed by atoms with Gasteiger partial charge in [-0.15, -0.1) is 11.3 Å². The van der Waals surface area contributed by atoms with E-state index in [0.29, 0.717) is 27.7 Å². The van der Waals surface area contributed by atoms with Crippen molar-refractivity contribution >= 4 is 44.8 Å². The Kier molecular flexibility index (Phi) is 4.81. The van der Waals surface area contributed by atoms with E-state index in [4.69, 9.17) is 28.2 Å². The number of nitrogens with zero attached hydrogens (tertiary/aromatic N) is 1. The molecular formula is C21H16Cl2N2OS. The standard InChI is InChI=1S/C21H16Cl2N2OS/c1-11-8-14(6-7-16(11)23)18-12(2)27-21-19(18)20(26)24-17(25-21)10-13-4-3-5-15(22)9-13/h3-9H,10H2,1-2H3,(H,24,25,26). The number of rotatable bonds is 3. The number of nitrogens with one attached hydrogen (secondary N) is 1. The first-order valence-electron chi connectivity index (χ1n) is 8.45. The van der Waals surface area contributed by atoms with Gasteiger partial charge in [-0.25, -0.2) is 4.98 Å². The van der Waals surface area contributed by atoms with E-state index in [2.05, 4.69) is 4.98 Å². The highest BCUT2D eigenvalue weighted by atomic mass is 35.5. The molecule has 27 heavy (non-hydrogen) atoms. The molecule has 3 nitrogen and oxygen atoms in total. The number of halogens is 2. The molecule has 0 aliphatic heterocycles. The maximum Gasteiger partial charge on any atom is 0.260 e. The molecule has 136 valence electrons. The normalized spacial score (nSPS) is 11.3. The van der Waals surface area contributed by atoms with Crippen LogP contribution in [-0.2, 0) is 6.42 Å². The maximum atomic E-state index is 12.9. The Morgan fingerprint density at radius 3 is 2.67 bits per heavy atom. The number of thiophene rings is 1. The van der Waals surface area contributed by atoms with Crippen LogP contribution in [0.3, 0.4) is 0 Å². The predicted octanol–water partition coefficient (Wildman–Crippen LogP) is 6.17. The fraction of sp³-hybridized carbons (Fsp3) is 0.143. The van der Waals surface area contributed by atoms with Crippen LogP contribution in [0.15, 0.2) is 47.3 Å². The lowest BCUT2D eigenvalue weighted by molar-refractivity contribution is 0.977. The molecule has 0 bridgehead atoms. The summed E-state index contributed by atoms with van der Waals surface area (Å²) in [5, 5.41) is 2.02. The Bertz CT molecular complexity index is 1230. The Morgan fingerprint density at radius 2 is 1.93 bits per heavy atom. The molecule has 4 aromatic rings. The summed E-state index contributed by atoms with van der Waals surface area (Å²) >= 11 is 13.7. The van der Waals surface area contributed by atoms with Crippen molar-refractivity contribution in [1.82, 2.24) is 9.97 Å². The minimum Gasteiger partial charge on any atom is -0.310 e. The second-order valence-electron chi connectivity index (χ2n) is 6.50. The SMILES string of the molecule is Cc1cc(-c2c(C)sc3nc(Cc4cccc(Cl)c4)[nH]c(=O)c23)ccc1Cl. The third-order valence-corrected chi connectivity index (χ3v) is 6.15. The summed E-state index contributed by atoms with van der Waals surface area (Å²) in [6, 6.07) is 13.4. The van der Waals surface area contributed by atoms with E-state index in [1.165, 1.54) is 11.3 Å². The van der Waals surface area contributed by atoms with E-state index in [9.17, 15) is 4.79 Å². The van der Waals surface area contributed by atoms with E-state index in [1.54, 1.807) is 0 Å². The number of aromatic nitrogens is 2. The third-order valence-electron chi connectivity index (χ3n) is 4.49. The molecular weight excluding hydrogens is 399 g/mol. The van der Waals surface area contributed by atoms with Crippen molar-refractivity contribution in [2.24, 2.45) is 0 Å². The number of aryl methyl sites for hydroxylation is 2. The van der Waals surface area contributed by atoms with Gasteiger partial charge in [0.2, 0.25) is 0 Å². The van der Waals surface area contributed by atoms with E-state index in [-0.39, 0.29) is 5.56 Å². The van der Waals surface area contributed by atoms with Crippen molar-refractivity contribution in [3.05, 3.63) is 84.7 Å². The van der Waals surface area contributed by atoms with Gasteiger partial charge in [-0.2, -0.15) is 0 Å². The predicted molar refractivity (Wildman–Crippen MR) is 114 cm³/mol. The topological polar surface area (TPSA) is 45.8 Å². The molecule has 0 atom stereocenters. The highest BCUT2D eigenvalue weighted by Gasteiger charge is 2.17. The van der Waals surface area contributed by atoms with Crippen molar-refractivity contribution in [3.63, 3.8) is 0 Å². The smallest absolute Gasteiger partial charge is 0.260 e. The Labute approximate surface area is 170 Å². The number of H-pyrrole nitrogens is 1. The lowest BCUT2D eigenvalue weighted by Gasteiger charge is -2.06. The number of aromatic amines is 1. The molecule has 0 saturated heterocycles. The molecule has 6 heteroatoms. The molecule has 0 amide bonds. The zero-order valence-corrected chi connectivity index (χ0v) is 17.1. The summed E-state index contributed by atoms with van der Waals surface area (Å²) in [5.41, 5.74) is 3.78. The zero-order valence-electron chi connectivity index (χ0n) is 14.8. The first-order valence-corrected chi connectivity index (χ1v) is 10.0. The van der Waals surface area contributed by atoms with E-state index in [0.717, 1.165) is 32.0 Å². The summed E-state index contributed by atoms with van der Waals surface area (Å²) in [7, 11) is 0. The van der Waals surface area contributed by atoms with Gasteiger partial charge in [0.05, 0.1) is 5.39 Å². The lowest BCUT2D eigenvalue weighted by Crippen LogP contribution is -2.11. The van der Waals surface area contributed by atoms with Gasteiger partial charge >= 0.3 is 0 Å². The largest absolute Gasteiger partial charge is 0.310 e. The van der Waals surface area contributed by atoms with Gasteiger partial charge in [0.1, 0.15) is 10.7 Å². The third kappa shape index (κ3) is 3.53. The van der Waals surface area contributed by atoms with Gasteiger partial charge in [-0.1, -0.05) is 41.4 Å².